The Morgan fingerprint density at radius 1 is 0.265 bits per heavy atom. The van der Waals surface area contributed by atoms with Crippen molar-refractivity contribution in [3.63, 3.8) is 0 Å². The van der Waals surface area contributed by atoms with Crippen molar-refractivity contribution in [3.8, 4) is 0 Å². The molecule has 0 amide bonds. The molecule has 0 spiro atoms. The van der Waals surface area contributed by atoms with E-state index < -0.39 is 65.3 Å². The van der Waals surface area contributed by atoms with Crippen molar-refractivity contribution in [1.29, 1.82) is 0 Å². The van der Waals surface area contributed by atoms with Gasteiger partial charge in [-0.25, -0.2) is 0 Å². The summed E-state index contributed by atoms with van der Waals surface area (Å²) in [5.74, 6) is -54.5. The molecular formula is C10F23N. The fourth-order valence-electron chi connectivity index (χ4n) is 1.76. The molecule has 0 bridgehead atoms. The summed E-state index contributed by atoms with van der Waals surface area (Å²) >= 11 is 0. The Morgan fingerprint density at radius 2 is 0.471 bits per heavy atom. The van der Waals surface area contributed by atoms with Crippen LogP contribution in [0.25, 0.3) is 0 Å². The predicted octanol–water partition coefficient (Wildman–Crippen LogP) is 7.29. The molecule has 0 aliphatic carbocycles. The number of alkyl halides is 23. The van der Waals surface area contributed by atoms with E-state index in [1.165, 1.54) is 0 Å². The molecule has 34 heavy (non-hydrogen) atoms. The lowest BCUT2D eigenvalue weighted by atomic mass is 9.90. The van der Waals surface area contributed by atoms with Crippen LogP contribution < -0.4 is 0 Å². The monoisotopic (exact) mass is 571 g/mol. The maximum Gasteiger partial charge on any atom is 0.472 e. The van der Waals surface area contributed by atoms with Crippen molar-refractivity contribution >= 4 is 0 Å². The van der Waals surface area contributed by atoms with Gasteiger partial charge in [0.15, 0.2) is 0 Å². The van der Waals surface area contributed by atoms with Crippen LogP contribution in [0.4, 0.5) is 101 Å². The summed E-state index contributed by atoms with van der Waals surface area (Å²) in [5, 5.41) is 0. The Bertz CT molecular complexity index is 718. The van der Waals surface area contributed by atoms with Crippen LogP contribution in [0.15, 0.2) is 0 Å². The first-order chi connectivity index (χ1) is 14.1. The molecule has 1 nitrogen and oxygen atoms in total. The van der Waals surface area contributed by atoms with Gasteiger partial charge in [-0.2, -0.15) is 101 Å². The molecule has 0 aromatic carbocycles. The fourth-order valence-corrected chi connectivity index (χ4v) is 1.76. The van der Waals surface area contributed by atoms with Gasteiger partial charge in [0, 0.05) is 0 Å². The van der Waals surface area contributed by atoms with Gasteiger partial charge in [-0.05, 0) is 0 Å². The van der Waals surface area contributed by atoms with Crippen LogP contribution in [0.5, 0.6) is 0 Å². The molecule has 0 aliphatic rings. The number of hydrogen-bond acceptors (Lipinski definition) is 1. The minimum atomic E-state index is -9.31. The number of halogens is 23. The second-order valence-electron chi connectivity index (χ2n) is 5.76. The highest BCUT2D eigenvalue weighted by atomic mass is 19.4. The zero-order chi connectivity index (χ0) is 28.6. The van der Waals surface area contributed by atoms with Gasteiger partial charge in [0.05, 0.1) is 0 Å². The van der Waals surface area contributed by atoms with Crippen molar-refractivity contribution in [3.05, 3.63) is 0 Å². The van der Waals surface area contributed by atoms with E-state index in [-0.39, 0.29) is 0 Å². The molecule has 0 radical (unpaired) electrons. The molecule has 0 N–H and O–H groups in total. The first kappa shape index (κ1) is 32.4. The molecule has 0 atom stereocenters. The van der Waals surface area contributed by atoms with Crippen LogP contribution >= 0.6 is 0 Å². The molecule has 0 aromatic rings. The lowest BCUT2D eigenvalue weighted by Crippen LogP contribution is -2.77. The molecule has 0 heterocycles. The van der Waals surface area contributed by atoms with Crippen LogP contribution in [0.3, 0.4) is 0 Å². The standard InChI is InChI=1S/C10F23N/c11-1(12,3(15,16)5(19,20)7(23,24)25)2(13,14)4(17,18)6(21,22)8(26,27)34(9(28,29)30)10(31,32)33. The van der Waals surface area contributed by atoms with Crippen LogP contribution in [-0.2, 0) is 0 Å². The van der Waals surface area contributed by atoms with Gasteiger partial charge in [0.25, 0.3) is 0 Å². The van der Waals surface area contributed by atoms with Gasteiger partial charge in [-0.15, -0.1) is 0 Å². The van der Waals surface area contributed by atoms with Crippen LogP contribution in [0.2, 0.25) is 0 Å². The maximum atomic E-state index is 13.2. The SMILES string of the molecule is FC(F)(F)N(C(F)(F)F)C(F)(F)C(F)(F)C(F)(F)C(F)(F)C(F)(F)C(F)(F)C(F)(F)C(F)(F)F. The van der Waals surface area contributed by atoms with Crippen LogP contribution in [0, 0.1) is 0 Å². The molecule has 0 saturated heterocycles. The summed E-state index contributed by atoms with van der Waals surface area (Å²) < 4.78 is 291. The highest BCUT2D eigenvalue weighted by Gasteiger charge is 2.96. The topological polar surface area (TPSA) is 3.24 Å². The maximum absolute atomic E-state index is 13.2. The first-order valence-electron chi connectivity index (χ1n) is 6.77. The Hall–Kier alpha value is -1.65. The highest BCUT2D eigenvalue weighted by Crippen LogP contribution is 2.65. The zero-order valence-electron chi connectivity index (χ0n) is 14.1. The minimum absolute atomic E-state index is 4.88. The molecule has 0 fully saturated rings. The Labute approximate surface area is 168 Å². The summed E-state index contributed by atoms with van der Waals surface area (Å²) in [6.45, 7) is 0. The van der Waals surface area contributed by atoms with Crippen molar-refractivity contribution in [2.75, 3.05) is 0 Å². The number of hydrogen-bond donors (Lipinski definition) is 0. The molecule has 24 heteroatoms. The summed E-state index contributed by atoms with van der Waals surface area (Å²) in [7, 11) is 0. The van der Waals surface area contributed by atoms with Gasteiger partial charge < -0.3 is 0 Å². The Balaban J connectivity index is 7.13. The van der Waals surface area contributed by atoms with Gasteiger partial charge in [-0.1, -0.05) is 4.90 Å². The van der Waals surface area contributed by atoms with E-state index in [2.05, 4.69) is 0 Å². The van der Waals surface area contributed by atoms with Gasteiger partial charge >= 0.3 is 60.4 Å². The molecule has 0 rings (SSSR count). The average Bonchev–Trinajstić information content (AvgIpc) is 2.48. The Kier molecular flexibility index (Phi) is 7.30. The molecule has 0 aliphatic heterocycles. The zero-order valence-corrected chi connectivity index (χ0v) is 14.1. The first-order valence-corrected chi connectivity index (χ1v) is 6.77. The normalized spacial score (nSPS) is 16.9. The average molecular weight is 571 g/mol. The minimum Gasteiger partial charge on any atom is -0.192 e. The second-order valence-corrected chi connectivity index (χ2v) is 5.76. The Morgan fingerprint density at radius 3 is 0.676 bits per heavy atom. The van der Waals surface area contributed by atoms with Crippen molar-refractivity contribution in [2.24, 2.45) is 0 Å². The van der Waals surface area contributed by atoms with E-state index >= 15 is 0 Å². The van der Waals surface area contributed by atoms with Gasteiger partial charge in [-0.3, -0.25) is 0 Å². The van der Waals surface area contributed by atoms with Crippen molar-refractivity contribution in [2.45, 2.75) is 60.4 Å². The molecule has 0 aromatic heterocycles. The fraction of sp³-hybridized carbons (Fsp3) is 1.00. The van der Waals surface area contributed by atoms with Gasteiger partial charge in [0.2, 0.25) is 0 Å². The quantitative estimate of drug-likeness (QED) is 0.229. The van der Waals surface area contributed by atoms with E-state index in [4.69, 9.17) is 0 Å². The summed E-state index contributed by atoms with van der Waals surface area (Å²) in [6, 6.07) is -8.84. The molecular weight excluding hydrogens is 571 g/mol. The summed E-state index contributed by atoms with van der Waals surface area (Å²) in [4.78, 5) is -4.88. The van der Waals surface area contributed by atoms with Crippen LogP contribution in [-0.4, -0.2) is 65.3 Å². The van der Waals surface area contributed by atoms with E-state index in [9.17, 15) is 101 Å². The van der Waals surface area contributed by atoms with E-state index in [1.54, 1.807) is 0 Å². The second kappa shape index (κ2) is 7.67. The third-order valence-electron chi connectivity index (χ3n) is 3.49. The number of rotatable bonds is 7. The van der Waals surface area contributed by atoms with Crippen LogP contribution in [0.1, 0.15) is 0 Å². The van der Waals surface area contributed by atoms with E-state index in [0.717, 1.165) is 0 Å². The predicted molar refractivity (Wildman–Crippen MR) is 54.6 cm³/mol. The molecule has 0 saturated carbocycles. The third kappa shape index (κ3) is 4.15. The van der Waals surface area contributed by atoms with Crippen molar-refractivity contribution in [1.82, 2.24) is 4.90 Å². The lowest BCUT2D eigenvalue weighted by Gasteiger charge is -2.44. The van der Waals surface area contributed by atoms with E-state index in [0.29, 0.717) is 0 Å². The largest absolute Gasteiger partial charge is 0.472 e. The summed E-state index contributed by atoms with van der Waals surface area (Å²) in [6.07, 6.45) is -24.0. The smallest absolute Gasteiger partial charge is 0.192 e. The van der Waals surface area contributed by atoms with Crippen molar-refractivity contribution < 1.29 is 101 Å². The number of nitrogens with zero attached hydrogens (tertiary/aromatic N) is 1. The molecule has 206 valence electrons. The molecule has 0 unspecified atom stereocenters. The lowest BCUT2D eigenvalue weighted by molar-refractivity contribution is -0.506. The summed E-state index contributed by atoms with van der Waals surface area (Å²) in [5.41, 5.74) is 0. The van der Waals surface area contributed by atoms with E-state index in [1.807, 2.05) is 0 Å². The highest BCUT2D eigenvalue weighted by molar-refractivity contribution is 5.15. The third-order valence-corrected chi connectivity index (χ3v) is 3.49. The van der Waals surface area contributed by atoms with Gasteiger partial charge in [0.1, 0.15) is 0 Å².